The molecule has 4 atom stereocenters. The molecule has 10 heteroatoms. The quantitative estimate of drug-likeness (QED) is 0.160. The Morgan fingerprint density at radius 3 is 2.30 bits per heavy atom. The minimum Gasteiger partial charge on any atom is -0.489 e. The van der Waals surface area contributed by atoms with Crippen LogP contribution in [0.4, 0.5) is 0 Å². The first-order chi connectivity index (χ1) is 21.3. The average Bonchev–Trinajstić information content (AvgIpc) is 3.06. The van der Waals surface area contributed by atoms with Crippen molar-refractivity contribution in [3.63, 3.8) is 0 Å². The molecule has 0 aliphatic carbocycles. The summed E-state index contributed by atoms with van der Waals surface area (Å²) in [5.41, 5.74) is 14.5. The molecule has 6 N–H and O–H groups in total. The number of benzene rings is 2. The van der Waals surface area contributed by atoms with E-state index < -0.39 is 29.9 Å². The molecule has 0 spiro atoms. The third-order valence-corrected chi connectivity index (χ3v) is 7.43. The van der Waals surface area contributed by atoms with Gasteiger partial charge in [-0.15, -0.1) is 0 Å². The molecule has 0 bridgehead atoms. The molecule has 0 aliphatic rings. The number of nitriles is 1. The highest BCUT2D eigenvalue weighted by Gasteiger charge is 2.27. The van der Waals surface area contributed by atoms with Gasteiger partial charge in [0.25, 0.3) is 0 Å². The second-order valence-electron chi connectivity index (χ2n) is 10.9. The standard InChI is InChI=1S/C34H44N6O4/c1-3-24(2)32(37)34(42)40-31(33(41)39-28(21-36)8-4-5-16-35)20-25-10-12-29(13-11-25)43-23-27-7-6-9-30(19-27)44-22-26-14-17-38-18-15-26/h6-7,9-15,17-19,24,28,31-32H,3-5,8,16,20,22-23,35,37H2,1-2H3,(H,39,41)(H,40,42)/t24-,28+,31+,32-/m1/s1. The van der Waals surface area contributed by atoms with Crippen molar-refractivity contribution in [1.82, 2.24) is 15.6 Å². The van der Waals surface area contributed by atoms with E-state index in [4.69, 9.17) is 20.9 Å². The summed E-state index contributed by atoms with van der Waals surface area (Å²) in [6.45, 7) is 5.17. The minimum absolute atomic E-state index is 0.0491. The van der Waals surface area contributed by atoms with Gasteiger partial charge in [-0.1, -0.05) is 44.5 Å². The molecule has 44 heavy (non-hydrogen) atoms. The van der Waals surface area contributed by atoms with Gasteiger partial charge in [0.1, 0.15) is 36.8 Å². The van der Waals surface area contributed by atoms with Crippen LogP contribution in [-0.4, -0.2) is 41.5 Å². The van der Waals surface area contributed by atoms with E-state index in [-0.39, 0.29) is 12.3 Å². The van der Waals surface area contributed by atoms with E-state index in [1.807, 2.05) is 74.5 Å². The summed E-state index contributed by atoms with van der Waals surface area (Å²) in [7, 11) is 0. The van der Waals surface area contributed by atoms with Crippen LogP contribution >= 0.6 is 0 Å². The molecule has 2 aromatic carbocycles. The third-order valence-electron chi connectivity index (χ3n) is 7.43. The fourth-order valence-electron chi connectivity index (χ4n) is 4.42. The molecule has 0 saturated heterocycles. The molecule has 0 fully saturated rings. The Bertz CT molecular complexity index is 1350. The van der Waals surface area contributed by atoms with Crippen LogP contribution in [0.2, 0.25) is 0 Å². The van der Waals surface area contributed by atoms with Crippen LogP contribution in [0.25, 0.3) is 0 Å². The Labute approximate surface area is 260 Å². The summed E-state index contributed by atoms with van der Waals surface area (Å²) in [6, 6.07) is 18.7. The molecule has 2 amide bonds. The lowest BCUT2D eigenvalue weighted by atomic mass is 9.98. The normalized spacial score (nSPS) is 13.5. The zero-order valence-corrected chi connectivity index (χ0v) is 25.6. The molecule has 0 aliphatic heterocycles. The second kappa shape index (κ2) is 18.3. The highest BCUT2D eigenvalue weighted by atomic mass is 16.5. The Hall–Kier alpha value is -4.46. The Kier molecular flexibility index (Phi) is 14.1. The van der Waals surface area contributed by atoms with E-state index in [1.165, 1.54) is 0 Å². The van der Waals surface area contributed by atoms with Crippen LogP contribution in [0.15, 0.2) is 73.1 Å². The molecule has 0 unspecified atom stereocenters. The van der Waals surface area contributed by atoms with Gasteiger partial charge in [0.05, 0.1) is 12.1 Å². The summed E-state index contributed by atoms with van der Waals surface area (Å²) in [5.74, 6) is 0.524. The Morgan fingerprint density at radius 1 is 0.909 bits per heavy atom. The van der Waals surface area contributed by atoms with Crippen LogP contribution in [0, 0.1) is 17.2 Å². The molecule has 0 radical (unpaired) electrons. The maximum absolute atomic E-state index is 13.2. The van der Waals surface area contributed by atoms with E-state index in [0.717, 1.165) is 41.7 Å². The summed E-state index contributed by atoms with van der Waals surface area (Å²) in [6.07, 6.45) is 6.39. The predicted octanol–water partition coefficient (Wildman–Crippen LogP) is 3.78. The van der Waals surface area contributed by atoms with Crippen LogP contribution in [-0.2, 0) is 29.2 Å². The summed E-state index contributed by atoms with van der Waals surface area (Å²) in [5, 5.41) is 15.1. The van der Waals surface area contributed by atoms with E-state index in [0.29, 0.717) is 31.9 Å². The van der Waals surface area contributed by atoms with Gasteiger partial charge in [-0.3, -0.25) is 14.6 Å². The number of nitrogens with zero attached hydrogens (tertiary/aromatic N) is 2. The number of aromatic nitrogens is 1. The lowest BCUT2D eigenvalue weighted by Gasteiger charge is -2.24. The van der Waals surface area contributed by atoms with Gasteiger partial charge >= 0.3 is 0 Å². The van der Waals surface area contributed by atoms with Crippen LogP contribution in [0.1, 0.15) is 56.2 Å². The number of nitrogens with one attached hydrogen (secondary N) is 2. The number of pyridine rings is 1. The fourth-order valence-corrected chi connectivity index (χ4v) is 4.42. The molecule has 3 rings (SSSR count). The molecule has 1 heterocycles. The van der Waals surface area contributed by atoms with Crippen molar-refractivity contribution in [2.45, 2.75) is 77.3 Å². The molecule has 1 aromatic heterocycles. The molecule has 0 saturated carbocycles. The Balaban J connectivity index is 1.61. The minimum atomic E-state index is -0.898. The number of hydrogen-bond acceptors (Lipinski definition) is 8. The lowest BCUT2D eigenvalue weighted by Crippen LogP contribution is -2.55. The van der Waals surface area contributed by atoms with E-state index in [2.05, 4.69) is 21.7 Å². The van der Waals surface area contributed by atoms with Gasteiger partial charge in [-0.2, -0.15) is 5.26 Å². The van der Waals surface area contributed by atoms with E-state index in [1.54, 1.807) is 12.4 Å². The number of ether oxygens (including phenoxy) is 2. The second-order valence-corrected chi connectivity index (χ2v) is 10.9. The smallest absolute Gasteiger partial charge is 0.243 e. The summed E-state index contributed by atoms with van der Waals surface area (Å²) < 4.78 is 11.9. The largest absolute Gasteiger partial charge is 0.489 e. The first-order valence-electron chi connectivity index (χ1n) is 15.1. The van der Waals surface area contributed by atoms with Crippen molar-refractivity contribution in [3.8, 4) is 17.6 Å². The highest BCUT2D eigenvalue weighted by molar-refractivity contribution is 5.90. The number of rotatable bonds is 18. The zero-order chi connectivity index (χ0) is 31.7. The van der Waals surface area contributed by atoms with Crippen molar-refractivity contribution in [3.05, 3.63) is 89.7 Å². The van der Waals surface area contributed by atoms with Crippen molar-refractivity contribution < 1.29 is 19.1 Å². The summed E-state index contributed by atoms with van der Waals surface area (Å²) >= 11 is 0. The average molecular weight is 601 g/mol. The third kappa shape index (κ3) is 11.3. The SMILES string of the molecule is CC[C@@H](C)[C@@H](N)C(=O)N[C@@H](Cc1ccc(OCc2cccc(OCc3ccncc3)c2)cc1)C(=O)N[C@H](C#N)CCCCN. The van der Waals surface area contributed by atoms with Crippen LogP contribution < -0.4 is 31.6 Å². The van der Waals surface area contributed by atoms with Gasteiger partial charge in [-0.05, 0) is 84.8 Å². The van der Waals surface area contributed by atoms with Crippen molar-refractivity contribution in [2.24, 2.45) is 17.4 Å². The van der Waals surface area contributed by atoms with Crippen LogP contribution in [0.5, 0.6) is 11.5 Å². The summed E-state index contributed by atoms with van der Waals surface area (Å²) in [4.78, 5) is 30.2. The first kappa shape index (κ1) is 34.0. The lowest BCUT2D eigenvalue weighted by molar-refractivity contribution is -0.130. The van der Waals surface area contributed by atoms with E-state index >= 15 is 0 Å². The fraction of sp³-hybridized carbons (Fsp3) is 0.412. The van der Waals surface area contributed by atoms with Crippen molar-refractivity contribution in [1.29, 1.82) is 5.26 Å². The Morgan fingerprint density at radius 2 is 1.61 bits per heavy atom. The van der Waals surface area contributed by atoms with Crippen molar-refractivity contribution >= 4 is 11.8 Å². The number of unbranched alkanes of at least 4 members (excludes halogenated alkanes) is 1. The number of carbonyl (C=O) groups is 2. The first-order valence-corrected chi connectivity index (χ1v) is 15.1. The predicted molar refractivity (Wildman–Crippen MR) is 169 cm³/mol. The molecule has 3 aromatic rings. The molecule has 10 nitrogen and oxygen atoms in total. The highest BCUT2D eigenvalue weighted by Crippen LogP contribution is 2.19. The zero-order valence-electron chi connectivity index (χ0n) is 25.6. The number of amides is 2. The molecular weight excluding hydrogens is 556 g/mol. The maximum Gasteiger partial charge on any atom is 0.243 e. The molecular formula is C34H44N6O4. The number of carbonyl (C=O) groups excluding carboxylic acids is 2. The van der Waals surface area contributed by atoms with Crippen molar-refractivity contribution in [2.75, 3.05) is 6.54 Å². The maximum atomic E-state index is 13.2. The van der Waals surface area contributed by atoms with Gasteiger partial charge in [0.15, 0.2) is 0 Å². The van der Waals surface area contributed by atoms with Crippen LogP contribution in [0.3, 0.4) is 0 Å². The van der Waals surface area contributed by atoms with Gasteiger partial charge < -0.3 is 31.6 Å². The monoisotopic (exact) mass is 600 g/mol. The van der Waals surface area contributed by atoms with Gasteiger partial charge in [0, 0.05) is 18.8 Å². The topological polar surface area (TPSA) is 165 Å². The number of hydrogen-bond donors (Lipinski definition) is 4. The molecule has 234 valence electrons. The van der Waals surface area contributed by atoms with Gasteiger partial charge in [0.2, 0.25) is 11.8 Å². The van der Waals surface area contributed by atoms with Gasteiger partial charge in [-0.25, -0.2) is 0 Å². The van der Waals surface area contributed by atoms with E-state index in [9.17, 15) is 14.9 Å². The number of nitrogens with two attached hydrogens (primary N) is 2.